The van der Waals surface area contributed by atoms with Crippen molar-refractivity contribution in [2.45, 2.75) is 64.8 Å². The van der Waals surface area contributed by atoms with Gasteiger partial charge in [0.15, 0.2) is 0 Å². The molecule has 0 aliphatic carbocycles. The first kappa shape index (κ1) is 25.5. The largest absolute Gasteiger partial charge is 0.491 e. The number of para-hydroxylation sites is 1. The number of pyridine rings is 1. The lowest BCUT2D eigenvalue weighted by Gasteiger charge is -2.41. The first-order valence-corrected chi connectivity index (χ1v) is 13.2. The van der Waals surface area contributed by atoms with E-state index in [-0.39, 0.29) is 17.9 Å². The summed E-state index contributed by atoms with van der Waals surface area (Å²) in [5, 5.41) is 3.85. The minimum Gasteiger partial charge on any atom is -0.491 e. The molecule has 1 aromatic heterocycles. The van der Waals surface area contributed by atoms with Gasteiger partial charge in [-0.15, -0.1) is 0 Å². The molecule has 0 bridgehead atoms. The summed E-state index contributed by atoms with van der Waals surface area (Å²) in [6.07, 6.45) is 7.40. The molecule has 35 heavy (non-hydrogen) atoms. The van der Waals surface area contributed by atoms with Crippen molar-refractivity contribution < 1.29 is 14.3 Å². The Balaban J connectivity index is 1.49. The normalized spacial score (nSPS) is 20.9. The van der Waals surface area contributed by atoms with Gasteiger partial charge in [-0.2, -0.15) is 0 Å². The van der Waals surface area contributed by atoms with Crippen LogP contribution in [0.4, 0.5) is 0 Å². The molecule has 1 N–H and O–H groups in total. The lowest BCUT2D eigenvalue weighted by molar-refractivity contribution is -0.135. The van der Waals surface area contributed by atoms with Crippen molar-refractivity contribution in [1.29, 1.82) is 0 Å². The maximum Gasteiger partial charge on any atom is 0.272 e. The molecule has 2 aliphatic heterocycles. The topological polar surface area (TPSA) is 71.5 Å². The van der Waals surface area contributed by atoms with Crippen LogP contribution in [0.2, 0.25) is 5.02 Å². The van der Waals surface area contributed by atoms with Gasteiger partial charge in [0.1, 0.15) is 18.1 Å². The van der Waals surface area contributed by atoms with Crippen LogP contribution in [0.15, 0.2) is 42.6 Å². The minimum absolute atomic E-state index is 0.0511. The van der Waals surface area contributed by atoms with Crippen molar-refractivity contribution in [3.05, 3.63) is 58.9 Å². The van der Waals surface area contributed by atoms with E-state index in [0.29, 0.717) is 49.2 Å². The number of halogens is 1. The molecule has 1 saturated heterocycles. The van der Waals surface area contributed by atoms with Gasteiger partial charge in [0.05, 0.1) is 16.5 Å². The summed E-state index contributed by atoms with van der Waals surface area (Å²) < 4.78 is 6.22. The number of fused-ring (bicyclic) bond motifs is 1. The summed E-state index contributed by atoms with van der Waals surface area (Å²) in [5.41, 5.74) is 1.16. The molecule has 2 amide bonds. The third kappa shape index (κ3) is 6.35. The zero-order valence-electron chi connectivity index (χ0n) is 20.8. The van der Waals surface area contributed by atoms with Crippen molar-refractivity contribution in [1.82, 2.24) is 15.2 Å². The molecule has 1 fully saturated rings. The number of hydrogen-bond acceptors (Lipinski definition) is 4. The van der Waals surface area contributed by atoms with E-state index in [0.717, 1.165) is 37.9 Å². The van der Waals surface area contributed by atoms with Crippen molar-refractivity contribution in [2.75, 3.05) is 19.7 Å². The van der Waals surface area contributed by atoms with Gasteiger partial charge < -0.3 is 15.0 Å². The van der Waals surface area contributed by atoms with Gasteiger partial charge in [0, 0.05) is 19.3 Å². The van der Waals surface area contributed by atoms with E-state index < -0.39 is 5.41 Å². The molecule has 1 spiro atoms. The van der Waals surface area contributed by atoms with Crippen LogP contribution in [0.5, 0.6) is 5.75 Å². The highest BCUT2D eigenvalue weighted by molar-refractivity contribution is 6.30. The minimum atomic E-state index is -0.460. The Morgan fingerprint density at radius 2 is 1.94 bits per heavy atom. The number of carbonyl (C=O) groups is 2. The Labute approximate surface area is 213 Å². The van der Waals surface area contributed by atoms with Gasteiger partial charge in [0.25, 0.3) is 5.91 Å². The number of likely N-dealkylation sites (tertiary alicyclic amines) is 1. The summed E-state index contributed by atoms with van der Waals surface area (Å²) in [5.74, 6) is 1.37. The van der Waals surface area contributed by atoms with Gasteiger partial charge in [-0.3, -0.25) is 9.59 Å². The van der Waals surface area contributed by atoms with E-state index in [2.05, 4.69) is 36.3 Å². The summed E-state index contributed by atoms with van der Waals surface area (Å²) in [4.78, 5) is 32.7. The molecule has 0 unspecified atom stereocenters. The molecule has 6 nitrogen and oxygen atoms in total. The van der Waals surface area contributed by atoms with Crippen molar-refractivity contribution in [2.24, 2.45) is 11.3 Å². The number of piperidine rings is 1. The Kier molecular flexibility index (Phi) is 8.32. The van der Waals surface area contributed by atoms with Crippen LogP contribution >= 0.6 is 11.6 Å². The van der Waals surface area contributed by atoms with Crippen LogP contribution < -0.4 is 10.1 Å². The highest BCUT2D eigenvalue weighted by Gasteiger charge is 2.42. The fourth-order valence-corrected chi connectivity index (χ4v) is 5.40. The molecule has 188 valence electrons. The molecule has 1 atom stereocenters. The van der Waals surface area contributed by atoms with Crippen LogP contribution in [0.25, 0.3) is 0 Å². The molecule has 0 radical (unpaired) electrons. The zero-order valence-corrected chi connectivity index (χ0v) is 21.5. The second-order valence-electron chi connectivity index (χ2n) is 10.4. The second-order valence-corrected chi connectivity index (χ2v) is 10.8. The quantitative estimate of drug-likeness (QED) is 0.625. The summed E-state index contributed by atoms with van der Waals surface area (Å²) >= 11 is 5.92. The average Bonchev–Trinajstić information content (AvgIpc) is 2.85. The van der Waals surface area contributed by atoms with E-state index in [1.54, 1.807) is 12.1 Å². The molecule has 2 aliphatic rings. The number of rotatable bonds is 3. The lowest BCUT2D eigenvalue weighted by atomic mass is 9.73. The van der Waals surface area contributed by atoms with Crippen LogP contribution in [0.3, 0.4) is 0 Å². The monoisotopic (exact) mass is 497 g/mol. The number of aromatic nitrogens is 1. The molecular weight excluding hydrogens is 462 g/mol. The van der Waals surface area contributed by atoms with Gasteiger partial charge in [-0.25, -0.2) is 4.98 Å². The van der Waals surface area contributed by atoms with E-state index in [1.807, 2.05) is 17.0 Å². The first-order chi connectivity index (χ1) is 16.9. The average molecular weight is 498 g/mol. The fourth-order valence-electron chi connectivity index (χ4n) is 5.29. The number of amides is 2. The Morgan fingerprint density at radius 3 is 2.66 bits per heavy atom. The Bertz CT molecular complexity index is 1020. The SMILES string of the molecule is CC(C)C[C@H]1COc2ccccc2CCCCC2(CCN(C(=O)c3ccc(Cl)cn3)CC2)C(=O)N1. The Hall–Kier alpha value is -2.60. The predicted molar refractivity (Wildman–Crippen MR) is 138 cm³/mol. The van der Waals surface area contributed by atoms with E-state index in [9.17, 15) is 9.59 Å². The maximum absolute atomic E-state index is 13.7. The predicted octanol–water partition coefficient (Wildman–Crippen LogP) is 5.29. The van der Waals surface area contributed by atoms with Crippen molar-refractivity contribution in [3.8, 4) is 5.75 Å². The van der Waals surface area contributed by atoms with Gasteiger partial charge in [0.2, 0.25) is 5.91 Å². The van der Waals surface area contributed by atoms with E-state index in [4.69, 9.17) is 16.3 Å². The number of ether oxygens (including phenoxy) is 1. The highest BCUT2D eigenvalue weighted by Crippen LogP contribution is 2.38. The number of aryl methyl sites for hydroxylation is 1. The lowest BCUT2D eigenvalue weighted by Crippen LogP contribution is -2.53. The van der Waals surface area contributed by atoms with Gasteiger partial charge >= 0.3 is 0 Å². The van der Waals surface area contributed by atoms with Crippen molar-refractivity contribution >= 4 is 23.4 Å². The van der Waals surface area contributed by atoms with Crippen LogP contribution in [0, 0.1) is 11.3 Å². The second kappa shape index (κ2) is 11.4. The molecule has 1 aromatic carbocycles. The van der Waals surface area contributed by atoms with Gasteiger partial charge in [-0.05, 0) is 68.2 Å². The molecule has 3 heterocycles. The smallest absolute Gasteiger partial charge is 0.272 e. The third-order valence-electron chi connectivity index (χ3n) is 7.29. The number of nitrogens with one attached hydrogen (secondary N) is 1. The number of benzene rings is 1. The zero-order chi connectivity index (χ0) is 24.8. The third-order valence-corrected chi connectivity index (χ3v) is 7.51. The van der Waals surface area contributed by atoms with E-state index in [1.165, 1.54) is 11.8 Å². The van der Waals surface area contributed by atoms with Crippen LogP contribution in [-0.2, 0) is 11.2 Å². The molecule has 7 heteroatoms. The van der Waals surface area contributed by atoms with Crippen LogP contribution in [0.1, 0.15) is 68.4 Å². The maximum atomic E-state index is 13.7. The van der Waals surface area contributed by atoms with Gasteiger partial charge in [-0.1, -0.05) is 50.1 Å². The summed E-state index contributed by atoms with van der Waals surface area (Å²) in [6.45, 7) is 5.89. The standard InChI is InChI=1S/C28H36ClN3O3/c1-20(2)17-23-19-35-25-9-4-3-7-21(25)8-5-6-12-28(27(34)31-23)13-15-32(16-14-28)26(33)24-11-10-22(29)18-30-24/h3-4,7,9-11,18,20,23H,5-6,8,12-17,19H2,1-2H3,(H,31,34)/t23-/m0/s1. The number of hydrogen-bond donors (Lipinski definition) is 1. The summed E-state index contributed by atoms with van der Waals surface area (Å²) in [7, 11) is 0. The first-order valence-electron chi connectivity index (χ1n) is 12.8. The molecular formula is C28H36ClN3O3. The Morgan fingerprint density at radius 1 is 1.17 bits per heavy atom. The fraction of sp³-hybridized carbons (Fsp3) is 0.536. The molecule has 2 aromatic rings. The number of carbonyl (C=O) groups excluding carboxylic acids is 2. The molecule has 4 rings (SSSR count). The highest BCUT2D eigenvalue weighted by atomic mass is 35.5. The van der Waals surface area contributed by atoms with E-state index >= 15 is 0 Å². The van der Waals surface area contributed by atoms with Crippen molar-refractivity contribution in [3.63, 3.8) is 0 Å². The number of nitrogens with zero attached hydrogens (tertiary/aromatic N) is 2. The molecule has 0 saturated carbocycles. The van der Waals surface area contributed by atoms with Crippen LogP contribution in [-0.4, -0.2) is 47.4 Å². The summed E-state index contributed by atoms with van der Waals surface area (Å²) in [6, 6.07) is 11.5.